The molecule has 1 aromatic heterocycles. The molecule has 2 aliphatic heterocycles. The molecule has 10 heteroatoms. The summed E-state index contributed by atoms with van der Waals surface area (Å²) in [5.41, 5.74) is -1.43. The Morgan fingerprint density at radius 3 is 2.43 bits per heavy atom. The minimum absolute atomic E-state index is 0.0130. The molecule has 3 N–H and O–H groups in total. The topological polar surface area (TPSA) is 142 Å². The van der Waals surface area contributed by atoms with E-state index < -0.39 is 54.1 Å². The normalized spacial score (nSPS) is 31.1. The molecule has 2 aliphatic rings. The Kier molecular flexibility index (Phi) is 3.88. The summed E-state index contributed by atoms with van der Waals surface area (Å²) in [4.78, 5) is 49.9. The van der Waals surface area contributed by atoms with E-state index in [0.29, 0.717) is 0 Å². The standard InChI is InChI=1S/C13H15N3O7/c17-5-6-11(21)10(16-8(19)1-2-9(16)20)12(23-6)15-4-3-7(18)14-13(15)22/h3-4,6,10-12,17,21H,1-2,5H2,(H,14,18,22)/t6-,10?,11?,12-/m0/s1. The number of hydrogen-bond donors (Lipinski definition) is 3. The van der Waals surface area contributed by atoms with Crippen LogP contribution in [0, 0.1) is 0 Å². The summed E-state index contributed by atoms with van der Waals surface area (Å²) in [5.74, 6) is -0.965. The molecule has 4 atom stereocenters. The third kappa shape index (κ3) is 2.50. The third-order valence-electron chi connectivity index (χ3n) is 4.03. The van der Waals surface area contributed by atoms with Gasteiger partial charge in [0.2, 0.25) is 11.8 Å². The molecule has 2 unspecified atom stereocenters. The maximum atomic E-state index is 12.0. The lowest BCUT2D eigenvalue weighted by Gasteiger charge is -2.29. The number of aliphatic hydroxyl groups is 2. The second kappa shape index (κ2) is 5.72. The third-order valence-corrected chi connectivity index (χ3v) is 4.03. The number of nitrogens with zero attached hydrogens (tertiary/aromatic N) is 2. The lowest BCUT2D eigenvalue weighted by Crippen LogP contribution is -2.50. The van der Waals surface area contributed by atoms with Crippen LogP contribution in [-0.2, 0) is 14.3 Å². The molecule has 0 aromatic carbocycles. The van der Waals surface area contributed by atoms with E-state index in [4.69, 9.17) is 4.74 Å². The highest BCUT2D eigenvalue weighted by atomic mass is 16.5. The second-order valence-electron chi connectivity index (χ2n) is 5.40. The van der Waals surface area contributed by atoms with Crippen molar-refractivity contribution in [1.82, 2.24) is 14.5 Å². The van der Waals surface area contributed by atoms with Gasteiger partial charge in [0.1, 0.15) is 18.2 Å². The van der Waals surface area contributed by atoms with Crippen LogP contribution >= 0.6 is 0 Å². The fourth-order valence-corrected chi connectivity index (χ4v) is 2.94. The van der Waals surface area contributed by atoms with E-state index in [1.807, 2.05) is 4.98 Å². The number of aliphatic hydroxyl groups excluding tert-OH is 2. The van der Waals surface area contributed by atoms with Crippen molar-refractivity contribution < 1.29 is 24.5 Å². The van der Waals surface area contributed by atoms with E-state index in [2.05, 4.69) is 0 Å². The molecule has 124 valence electrons. The van der Waals surface area contributed by atoms with Crippen molar-refractivity contribution in [2.45, 2.75) is 37.3 Å². The molecular weight excluding hydrogens is 310 g/mol. The molecule has 3 heterocycles. The Hall–Kier alpha value is -2.30. The van der Waals surface area contributed by atoms with Crippen molar-refractivity contribution in [2.75, 3.05) is 6.61 Å². The van der Waals surface area contributed by atoms with Crippen molar-refractivity contribution in [2.24, 2.45) is 0 Å². The van der Waals surface area contributed by atoms with Crippen molar-refractivity contribution >= 4 is 11.8 Å². The highest BCUT2D eigenvalue weighted by molar-refractivity contribution is 6.02. The Balaban J connectivity index is 2.05. The number of ether oxygens (including phenoxy) is 1. The van der Waals surface area contributed by atoms with Gasteiger partial charge < -0.3 is 14.9 Å². The minimum atomic E-state index is -1.35. The summed E-state index contributed by atoms with van der Waals surface area (Å²) in [6, 6.07) is -0.0769. The van der Waals surface area contributed by atoms with Gasteiger partial charge in [-0.1, -0.05) is 0 Å². The van der Waals surface area contributed by atoms with Crippen LogP contribution in [0.15, 0.2) is 21.9 Å². The van der Waals surface area contributed by atoms with Crippen LogP contribution in [0.2, 0.25) is 0 Å². The van der Waals surface area contributed by atoms with Crippen molar-refractivity contribution in [3.8, 4) is 0 Å². The van der Waals surface area contributed by atoms with Crippen LogP contribution in [0.5, 0.6) is 0 Å². The highest BCUT2D eigenvalue weighted by Gasteiger charge is 2.52. The number of hydrogen-bond acceptors (Lipinski definition) is 7. The van der Waals surface area contributed by atoms with E-state index in [1.54, 1.807) is 0 Å². The SMILES string of the molecule is O=C1CCC(=O)N1C1C(O)[C@H](CO)O[C@@H]1n1ccc(=O)[nH]c1=O. The maximum absolute atomic E-state index is 12.0. The quantitative estimate of drug-likeness (QED) is 0.513. The van der Waals surface area contributed by atoms with Crippen LogP contribution in [0.25, 0.3) is 0 Å². The van der Waals surface area contributed by atoms with E-state index in [0.717, 1.165) is 21.7 Å². The number of carbonyl (C=O) groups excluding carboxylic acids is 2. The maximum Gasteiger partial charge on any atom is 0.330 e. The molecule has 10 nitrogen and oxygen atoms in total. The fraction of sp³-hybridized carbons (Fsp3) is 0.538. The van der Waals surface area contributed by atoms with Gasteiger partial charge in [0.15, 0.2) is 6.23 Å². The molecule has 2 saturated heterocycles. The fourth-order valence-electron chi connectivity index (χ4n) is 2.94. The molecule has 0 saturated carbocycles. The van der Waals surface area contributed by atoms with E-state index in [1.165, 1.54) is 0 Å². The lowest BCUT2D eigenvalue weighted by atomic mass is 10.1. The predicted molar refractivity (Wildman–Crippen MR) is 73.2 cm³/mol. The molecule has 0 radical (unpaired) electrons. The Morgan fingerprint density at radius 2 is 1.87 bits per heavy atom. The highest BCUT2D eigenvalue weighted by Crippen LogP contribution is 2.34. The van der Waals surface area contributed by atoms with Crippen molar-refractivity contribution in [1.29, 1.82) is 0 Å². The summed E-state index contributed by atoms with van der Waals surface area (Å²) in [7, 11) is 0. The number of aromatic amines is 1. The van der Waals surface area contributed by atoms with E-state index in [-0.39, 0.29) is 12.8 Å². The van der Waals surface area contributed by atoms with Crippen LogP contribution in [0.4, 0.5) is 0 Å². The summed E-state index contributed by atoms with van der Waals surface area (Å²) in [6.07, 6.45) is -2.44. The zero-order chi connectivity index (χ0) is 16.7. The summed E-state index contributed by atoms with van der Waals surface area (Å²) >= 11 is 0. The summed E-state index contributed by atoms with van der Waals surface area (Å²) in [6.45, 7) is -0.553. The molecule has 1 aromatic rings. The summed E-state index contributed by atoms with van der Waals surface area (Å²) in [5, 5.41) is 19.6. The van der Waals surface area contributed by atoms with Gasteiger partial charge in [-0.15, -0.1) is 0 Å². The van der Waals surface area contributed by atoms with Gasteiger partial charge in [-0.25, -0.2) is 4.79 Å². The average Bonchev–Trinajstić information content (AvgIpc) is 2.99. The van der Waals surface area contributed by atoms with Gasteiger partial charge in [0.25, 0.3) is 5.56 Å². The Labute approximate surface area is 128 Å². The van der Waals surface area contributed by atoms with Gasteiger partial charge in [-0.05, 0) is 0 Å². The van der Waals surface area contributed by atoms with Gasteiger partial charge in [-0.2, -0.15) is 0 Å². The molecule has 23 heavy (non-hydrogen) atoms. The molecule has 3 rings (SSSR count). The number of rotatable bonds is 3. The van der Waals surface area contributed by atoms with Gasteiger partial charge in [0, 0.05) is 25.1 Å². The molecule has 0 bridgehead atoms. The number of imide groups is 1. The van der Waals surface area contributed by atoms with Gasteiger partial charge >= 0.3 is 5.69 Å². The smallest absolute Gasteiger partial charge is 0.330 e. The first kappa shape index (κ1) is 15.6. The zero-order valence-electron chi connectivity index (χ0n) is 11.9. The second-order valence-corrected chi connectivity index (χ2v) is 5.40. The summed E-state index contributed by atoms with van der Waals surface area (Å²) < 4.78 is 6.42. The van der Waals surface area contributed by atoms with Gasteiger partial charge in [0.05, 0.1) is 6.61 Å². The molecule has 2 amide bonds. The van der Waals surface area contributed by atoms with Crippen molar-refractivity contribution in [3.63, 3.8) is 0 Å². The predicted octanol–water partition coefficient (Wildman–Crippen LogP) is -2.70. The average molecular weight is 325 g/mol. The number of amides is 2. The first-order valence-electron chi connectivity index (χ1n) is 7.05. The lowest BCUT2D eigenvalue weighted by molar-refractivity contribution is -0.145. The first-order chi connectivity index (χ1) is 10.9. The van der Waals surface area contributed by atoms with E-state index in [9.17, 15) is 29.4 Å². The van der Waals surface area contributed by atoms with E-state index >= 15 is 0 Å². The number of nitrogens with one attached hydrogen (secondary N) is 1. The van der Waals surface area contributed by atoms with Gasteiger partial charge in [-0.3, -0.25) is 28.8 Å². The first-order valence-corrected chi connectivity index (χ1v) is 7.05. The number of likely N-dealkylation sites (tertiary alicyclic amines) is 1. The zero-order valence-corrected chi connectivity index (χ0v) is 11.9. The van der Waals surface area contributed by atoms with Crippen LogP contribution in [0.3, 0.4) is 0 Å². The number of H-pyrrole nitrogens is 1. The molecule has 0 aliphatic carbocycles. The Bertz CT molecular complexity index is 738. The number of carbonyl (C=O) groups is 2. The van der Waals surface area contributed by atoms with Crippen molar-refractivity contribution in [3.05, 3.63) is 33.1 Å². The molecular formula is C13H15N3O7. The minimum Gasteiger partial charge on any atom is -0.394 e. The largest absolute Gasteiger partial charge is 0.394 e. The molecule has 0 spiro atoms. The number of aromatic nitrogens is 2. The Morgan fingerprint density at radius 1 is 1.22 bits per heavy atom. The van der Waals surface area contributed by atoms with Crippen LogP contribution in [-0.4, -0.2) is 61.3 Å². The van der Waals surface area contributed by atoms with Crippen LogP contribution < -0.4 is 11.2 Å². The van der Waals surface area contributed by atoms with Crippen LogP contribution in [0.1, 0.15) is 19.1 Å². The molecule has 2 fully saturated rings. The monoisotopic (exact) mass is 325 g/mol.